The van der Waals surface area contributed by atoms with Gasteiger partial charge in [0, 0.05) is 64.4 Å². The van der Waals surface area contributed by atoms with Crippen molar-refractivity contribution in [3.05, 3.63) is 52.6 Å². The van der Waals surface area contributed by atoms with Gasteiger partial charge in [0.15, 0.2) is 5.41 Å². The third-order valence-corrected chi connectivity index (χ3v) is 14.5. The molecule has 1 aromatic rings. The van der Waals surface area contributed by atoms with E-state index in [9.17, 15) is 59.9 Å². The summed E-state index contributed by atoms with van der Waals surface area (Å²) >= 11 is 6.55. The van der Waals surface area contributed by atoms with Gasteiger partial charge in [-0.1, -0.05) is 49.7 Å². The molecule has 15 nitrogen and oxygen atoms in total. The average molecular weight is 1040 g/mol. The zero-order valence-electron chi connectivity index (χ0n) is 41.3. The molecule has 1 saturated heterocycles. The second kappa shape index (κ2) is 23.3. The lowest BCUT2D eigenvalue weighted by Crippen LogP contribution is -2.65. The van der Waals surface area contributed by atoms with E-state index in [4.69, 9.17) is 16.3 Å². The first-order valence-electron chi connectivity index (χ1n) is 24.7. The molecular formula is C50H66ClF6N7O8. The number of ether oxygens (including phenoxy) is 1. The van der Waals surface area contributed by atoms with Crippen molar-refractivity contribution >= 4 is 58.7 Å². The summed E-state index contributed by atoms with van der Waals surface area (Å²) in [7, 11) is 2.81. The fourth-order valence-corrected chi connectivity index (χ4v) is 10.3. The molecule has 0 radical (unpaired) electrons. The molecule has 0 unspecified atom stereocenters. The zero-order valence-corrected chi connectivity index (χ0v) is 42.1. The molecule has 5 aliphatic rings. The maximum Gasteiger partial charge on any atom is 0.410 e. The van der Waals surface area contributed by atoms with Gasteiger partial charge in [-0.3, -0.25) is 28.8 Å². The number of alkyl halides is 6. The summed E-state index contributed by atoms with van der Waals surface area (Å²) in [5, 5.41) is 8.74. The van der Waals surface area contributed by atoms with E-state index in [0.717, 1.165) is 16.0 Å². The van der Waals surface area contributed by atoms with Gasteiger partial charge in [0.05, 0.1) is 13.2 Å². The van der Waals surface area contributed by atoms with E-state index >= 15 is 0 Å². The van der Waals surface area contributed by atoms with Crippen LogP contribution in [0.1, 0.15) is 103 Å². The SMILES string of the molecule is CCOC(=O)N1CC=C(c2ccc(Cl)cc2C[C@H]2C(=O)NCCCC/C=C\C[C@H](N(C)C(=O)[C@@H](NC(=O)[C@@H]3C[C@@H](F)CN3C(=O)C3(C(F)(F)F)CC(F)(F)C3)C3CC3)C(=O)N[C@@H](CC(C)C)C(=O)N2C)CC1. The van der Waals surface area contributed by atoms with Gasteiger partial charge in [-0.05, 0) is 99.0 Å². The fraction of sp³-hybridized carbons (Fsp3) is 0.660. The highest BCUT2D eigenvalue weighted by Crippen LogP contribution is 2.61. The van der Waals surface area contributed by atoms with Crippen LogP contribution in [0.4, 0.5) is 31.1 Å². The maximum atomic E-state index is 14.9. The number of hydrogen-bond donors (Lipinski definition) is 3. The van der Waals surface area contributed by atoms with Gasteiger partial charge in [-0.2, -0.15) is 13.2 Å². The third kappa shape index (κ3) is 13.1. The molecule has 398 valence electrons. The van der Waals surface area contributed by atoms with Gasteiger partial charge in [-0.15, -0.1) is 0 Å². The number of carbonyl (C=O) groups excluding carboxylic acids is 7. The highest BCUT2D eigenvalue weighted by molar-refractivity contribution is 6.30. The zero-order chi connectivity index (χ0) is 52.9. The van der Waals surface area contributed by atoms with Crippen molar-refractivity contribution in [2.75, 3.05) is 46.9 Å². The van der Waals surface area contributed by atoms with Crippen molar-refractivity contribution in [3.63, 3.8) is 0 Å². The number of hydrogen-bond acceptors (Lipinski definition) is 8. The second-order valence-electron chi connectivity index (χ2n) is 20.2. The van der Waals surface area contributed by atoms with Crippen LogP contribution < -0.4 is 16.0 Å². The number of allylic oxidation sites excluding steroid dienone is 1. The van der Waals surface area contributed by atoms with Crippen LogP contribution in [0.3, 0.4) is 0 Å². The first-order chi connectivity index (χ1) is 33.9. The van der Waals surface area contributed by atoms with Crippen LogP contribution in [0.15, 0.2) is 36.4 Å². The quantitative estimate of drug-likeness (QED) is 0.160. The Labute approximate surface area is 420 Å². The summed E-state index contributed by atoms with van der Waals surface area (Å²) in [6.45, 7) is 5.69. The topological polar surface area (TPSA) is 178 Å². The molecule has 1 aromatic carbocycles. The number of nitrogens with one attached hydrogen (secondary N) is 3. The molecule has 6 atom stereocenters. The predicted molar refractivity (Wildman–Crippen MR) is 254 cm³/mol. The summed E-state index contributed by atoms with van der Waals surface area (Å²) < 4.78 is 90.6. The normalized spacial score (nSPS) is 26.2. The monoisotopic (exact) mass is 1040 g/mol. The molecule has 7 amide bonds. The molecule has 3 N–H and O–H groups in total. The summed E-state index contributed by atoms with van der Waals surface area (Å²) in [5.74, 6) is -9.96. The minimum Gasteiger partial charge on any atom is -0.450 e. The van der Waals surface area contributed by atoms with Crippen molar-refractivity contribution in [3.8, 4) is 0 Å². The lowest BCUT2D eigenvalue weighted by molar-refractivity contribution is -0.299. The lowest BCUT2D eigenvalue weighted by atomic mass is 9.64. The summed E-state index contributed by atoms with van der Waals surface area (Å²) in [5.41, 5.74) is -1.13. The minimum absolute atomic E-state index is 0.0278. The molecule has 22 heteroatoms. The third-order valence-electron chi connectivity index (χ3n) is 14.3. The predicted octanol–water partition coefficient (Wildman–Crippen LogP) is 6.37. The van der Waals surface area contributed by atoms with Crippen LogP contribution in [0.5, 0.6) is 0 Å². The summed E-state index contributed by atoms with van der Waals surface area (Å²) in [4.78, 5) is 102. The van der Waals surface area contributed by atoms with Crippen molar-refractivity contribution in [1.82, 2.24) is 35.6 Å². The standard InChI is InChI=1S/C50H66ClF6N7O8/c1-6-72-47(71)63-20-17-30(18-21-63)35-16-15-33(51)23-32(35)24-38-41(65)58-19-11-9-7-8-10-12-37(42(66)59-36(22-29(2)3)44(68)62(38)5)61(4)45(69)40(31-13-14-31)60-43(67)39-25-34(52)26-64(39)46(70)48(50(55,56)57)27-49(53,54)28-48/h8,10,15-17,23,29,31,34,36-40H,6-7,9,11-14,18-22,24-28H2,1-5H3,(H,58,65)(H,59,66)(H,60,67)/b10-8-/t34-,36+,37+,38+,39+,40+/m1/s1. The molecule has 72 heavy (non-hydrogen) atoms. The van der Waals surface area contributed by atoms with Crippen molar-refractivity contribution in [1.29, 1.82) is 0 Å². The number of amides is 7. The van der Waals surface area contributed by atoms with E-state index in [2.05, 4.69) is 16.0 Å². The molecular weight excluding hydrogens is 976 g/mol. The van der Waals surface area contributed by atoms with E-state index in [-0.39, 0.29) is 31.8 Å². The summed E-state index contributed by atoms with van der Waals surface area (Å²) in [6.07, 6.45) is -3.59. The van der Waals surface area contributed by atoms with Crippen molar-refractivity contribution in [2.24, 2.45) is 17.3 Å². The van der Waals surface area contributed by atoms with Gasteiger partial charge < -0.3 is 40.3 Å². The van der Waals surface area contributed by atoms with Crippen LogP contribution in [-0.2, 0) is 39.9 Å². The van der Waals surface area contributed by atoms with E-state index in [1.54, 1.807) is 30.0 Å². The molecule has 3 heterocycles. The Bertz CT molecular complexity index is 2270. The smallest absolute Gasteiger partial charge is 0.410 e. The fourth-order valence-electron chi connectivity index (χ4n) is 10.1. The Hall–Kier alpha value is -5.34. The number of rotatable bonds is 12. The molecule has 0 bridgehead atoms. The van der Waals surface area contributed by atoms with Crippen LogP contribution in [0.25, 0.3) is 5.57 Å². The van der Waals surface area contributed by atoms with Crippen LogP contribution in [0, 0.1) is 17.3 Å². The van der Waals surface area contributed by atoms with Crippen LogP contribution in [-0.4, -0.2) is 156 Å². The van der Waals surface area contributed by atoms with Gasteiger partial charge in [0.25, 0.3) is 5.92 Å². The lowest BCUT2D eigenvalue weighted by Gasteiger charge is -2.48. The van der Waals surface area contributed by atoms with Crippen molar-refractivity contribution < 1.29 is 64.6 Å². The first-order valence-corrected chi connectivity index (χ1v) is 25.1. The number of carbonyl (C=O) groups is 7. The molecule has 3 fully saturated rings. The Kier molecular flexibility index (Phi) is 18.1. The summed E-state index contributed by atoms with van der Waals surface area (Å²) in [6, 6.07) is -1.49. The largest absolute Gasteiger partial charge is 0.450 e. The van der Waals surface area contributed by atoms with E-state index in [1.165, 1.54) is 19.0 Å². The van der Waals surface area contributed by atoms with E-state index in [0.29, 0.717) is 73.6 Å². The number of likely N-dealkylation sites (tertiary alicyclic amines) is 1. The minimum atomic E-state index is -5.41. The van der Waals surface area contributed by atoms with Crippen molar-refractivity contribution in [2.45, 2.75) is 146 Å². The molecule has 2 aliphatic carbocycles. The molecule has 2 saturated carbocycles. The maximum absolute atomic E-state index is 14.9. The first kappa shape index (κ1) is 56.0. The Morgan fingerprint density at radius 1 is 1.04 bits per heavy atom. The molecule has 6 rings (SSSR count). The average Bonchev–Trinajstić information content (AvgIpc) is 4.08. The number of halogens is 7. The Balaban J connectivity index is 1.23. The van der Waals surface area contributed by atoms with Gasteiger partial charge in [-0.25, -0.2) is 18.0 Å². The highest BCUT2D eigenvalue weighted by Gasteiger charge is 2.75. The number of nitrogens with zero attached hydrogens (tertiary/aromatic N) is 4. The van der Waals surface area contributed by atoms with E-state index < -0.39 is 127 Å². The van der Waals surface area contributed by atoms with Gasteiger partial charge >= 0.3 is 12.3 Å². The van der Waals surface area contributed by atoms with Gasteiger partial charge in [0.1, 0.15) is 36.4 Å². The Morgan fingerprint density at radius 3 is 2.36 bits per heavy atom. The molecule has 0 aromatic heterocycles. The van der Waals surface area contributed by atoms with E-state index in [1.807, 2.05) is 32.1 Å². The van der Waals surface area contributed by atoms with Gasteiger partial charge in [0.2, 0.25) is 35.4 Å². The second-order valence-corrected chi connectivity index (χ2v) is 20.6. The highest BCUT2D eigenvalue weighted by atomic mass is 35.5. The molecule has 3 aliphatic heterocycles. The number of benzene rings is 1. The van der Waals surface area contributed by atoms with Crippen LogP contribution in [0.2, 0.25) is 5.02 Å². The Morgan fingerprint density at radius 2 is 1.75 bits per heavy atom. The van der Waals surface area contributed by atoms with Crippen LogP contribution >= 0.6 is 11.6 Å². The molecule has 0 spiro atoms. The number of likely N-dealkylation sites (N-methyl/N-ethyl adjacent to an activating group) is 2.